The average Bonchev–Trinajstić information content (AvgIpc) is 2.42. The van der Waals surface area contributed by atoms with Crippen LogP contribution >= 0.6 is 0 Å². The summed E-state index contributed by atoms with van der Waals surface area (Å²) in [6.07, 6.45) is 0. The molecular formula is C16H20N2O. The lowest BCUT2D eigenvalue weighted by Gasteiger charge is -2.21. The molecule has 3 heteroatoms. The van der Waals surface area contributed by atoms with E-state index in [1.807, 2.05) is 45.2 Å². The van der Waals surface area contributed by atoms with Gasteiger partial charge in [-0.2, -0.15) is 0 Å². The van der Waals surface area contributed by atoms with Crippen molar-refractivity contribution in [3.63, 3.8) is 0 Å². The molecule has 0 saturated heterocycles. The number of pyridine rings is 1. The third kappa shape index (κ3) is 2.76. The molecule has 19 heavy (non-hydrogen) atoms. The van der Waals surface area contributed by atoms with Gasteiger partial charge in [0.1, 0.15) is 5.75 Å². The molecule has 1 N–H and O–H groups in total. The lowest BCUT2D eigenvalue weighted by atomic mass is 9.96. The monoisotopic (exact) mass is 256 g/mol. The van der Waals surface area contributed by atoms with Gasteiger partial charge in [-0.3, -0.25) is 4.98 Å². The molecule has 2 aromatic rings. The first-order valence-electron chi connectivity index (χ1n) is 6.41. The number of aromatic nitrogens is 1. The molecule has 1 aromatic heterocycles. The van der Waals surface area contributed by atoms with E-state index < -0.39 is 0 Å². The number of nitrogens with one attached hydrogen (secondary N) is 1. The number of hydrogen-bond donors (Lipinski definition) is 1. The molecule has 0 spiro atoms. The molecule has 1 heterocycles. The highest BCUT2D eigenvalue weighted by Gasteiger charge is 2.18. The molecule has 100 valence electrons. The normalized spacial score (nSPS) is 12.2. The second-order valence-corrected chi connectivity index (χ2v) is 4.59. The predicted octanol–water partition coefficient (Wildman–Crippen LogP) is 3.02. The van der Waals surface area contributed by atoms with Gasteiger partial charge in [-0.15, -0.1) is 0 Å². The van der Waals surface area contributed by atoms with E-state index in [1.165, 1.54) is 5.56 Å². The summed E-state index contributed by atoms with van der Waals surface area (Å²) < 4.78 is 5.45. The standard InChI is InChI=1S/C16H20N2O/c1-11-9-10-13(12(2)18-11)16(17-3)14-7-5-6-8-15(14)19-4/h5-10,16-17H,1-4H3. The third-order valence-electron chi connectivity index (χ3n) is 3.32. The Hall–Kier alpha value is -1.87. The van der Waals surface area contributed by atoms with Crippen molar-refractivity contribution in [2.45, 2.75) is 19.9 Å². The Bertz CT molecular complexity index is 566. The summed E-state index contributed by atoms with van der Waals surface area (Å²) in [5.41, 5.74) is 4.39. The van der Waals surface area contributed by atoms with Gasteiger partial charge >= 0.3 is 0 Å². The van der Waals surface area contributed by atoms with E-state index in [-0.39, 0.29) is 6.04 Å². The number of rotatable bonds is 4. The second-order valence-electron chi connectivity index (χ2n) is 4.59. The SMILES string of the molecule is CNC(c1ccccc1OC)c1ccc(C)nc1C. The lowest BCUT2D eigenvalue weighted by Crippen LogP contribution is -2.20. The van der Waals surface area contributed by atoms with Crippen LogP contribution < -0.4 is 10.1 Å². The van der Waals surface area contributed by atoms with E-state index in [1.54, 1.807) is 7.11 Å². The summed E-state index contributed by atoms with van der Waals surface area (Å²) in [5.74, 6) is 0.891. The molecule has 0 aliphatic heterocycles. The largest absolute Gasteiger partial charge is 0.496 e. The highest BCUT2D eigenvalue weighted by Crippen LogP contribution is 2.30. The minimum absolute atomic E-state index is 0.0873. The summed E-state index contributed by atoms with van der Waals surface area (Å²) in [6, 6.07) is 12.3. The second kappa shape index (κ2) is 5.85. The Morgan fingerprint density at radius 2 is 1.79 bits per heavy atom. The van der Waals surface area contributed by atoms with Gasteiger partial charge in [0.05, 0.1) is 13.2 Å². The average molecular weight is 256 g/mol. The summed E-state index contributed by atoms with van der Waals surface area (Å²) >= 11 is 0. The van der Waals surface area contributed by atoms with Crippen LogP contribution in [-0.4, -0.2) is 19.1 Å². The minimum Gasteiger partial charge on any atom is -0.496 e. The maximum absolute atomic E-state index is 5.45. The van der Waals surface area contributed by atoms with Crippen molar-refractivity contribution in [3.8, 4) is 5.75 Å². The Labute approximate surface area is 114 Å². The van der Waals surface area contributed by atoms with Gasteiger partial charge in [-0.05, 0) is 38.6 Å². The summed E-state index contributed by atoms with van der Waals surface area (Å²) in [7, 11) is 3.65. The van der Waals surface area contributed by atoms with Crippen LogP contribution in [0.3, 0.4) is 0 Å². The maximum Gasteiger partial charge on any atom is 0.123 e. The van der Waals surface area contributed by atoms with Crippen LogP contribution in [0.15, 0.2) is 36.4 Å². The van der Waals surface area contributed by atoms with Crippen LogP contribution in [0.4, 0.5) is 0 Å². The summed E-state index contributed by atoms with van der Waals surface area (Å²) in [6.45, 7) is 4.05. The van der Waals surface area contributed by atoms with Crippen LogP contribution in [0.1, 0.15) is 28.6 Å². The fourth-order valence-electron chi connectivity index (χ4n) is 2.39. The Kier molecular flexibility index (Phi) is 4.17. The molecule has 1 unspecified atom stereocenters. The topological polar surface area (TPSA) is 34.1 Å². The number of hydrogen-bond acceptors (Lipinski definition) is 3. The zero-order valence-electron chi connectivity index (χ0n) is 11.9. The summed E-state index contributed by atoms with van der Waals surface area (Å²) in [5, 5.41) is 3.35. The molecule has 0 aliphatic carbocycles. The van der Waals surface area contributed by atoms with Crippen LogP contribution in [0.2, 0.25) is 0 Å². The third-order valence-corrected chi connectivity index (χ3v) is 3.32. The summed E-state index contributed by atoms with van der Waals surface area (Å²) in [4.78, 5) is 4.54. The molecular weight excluding hydrogens is 236 g/mol. The van der Waals surface area contributed by atoms with Crippen LogP contribution in [0.5, 0.6) is 5.75 Å². The number of para-hydroxylation sites is 1. The number of aryl methyl sites for hydroxylation is 2. The van der Waals surface area contributed by atoms with Crippen molar-refractivity contribution in [1.82, 2.24) is 10.3 Å². The minimum atomic E-state index is 0.0873. The molecule has 0 fully saturated rings. The quantitative estimate of drug-likeness (QED) is 0.913. The van der Waals surface area contributed by atoms with Gasteiger partial charge < -0.3 is 10.1 Å². The van der Waals surface area contributed by atoms with E-state index >= 15 is 0 Å². The van der Waals surface area contributed by atoms with Gasteiger partial charge in [0.2, 0.25) is 0 Å². The molecule has 0 radical (unpaired) electrons. The zero-order valence-corrected chi connectivity index (χ0v) is 11.9. The molecule has 0 aliphatic rings. The Balaban J connectivity index is 2.50. The molecule has 1 aromatic carbocycles. The molecule has 0 saturated carbocycles. The fourth-order valence-corrected chi connectivity index (χ4v) is 2.39. The molecule has 0 amide bonds. The molecule has 0 bridgehead atoms. The van der Waals surface area contributed by atoms with Crippen molar-refractivity contribution < 1.29 is 4.74 Å². The van der Waals surface area contributed by atoms with Crippen LogP contribution in [0, 0.1) is 13.8 Å². The van der Waals surface area contributed by atoms with E-state index in [2.05, 4.69) is 22.4 Å². The van der Waals surface area contributed by atoms with E-state index in [0.717, 1.165) is 22.7 Å². The van der Waals surface area contributed by atoms with E-state index in [9.17, 15) is 0 Å². The highest BCUT2D eigenvalue weighted by atomic mass is 16.5. The fraction of sp³-hybridized carbons (Fsp3) is 0.312. The van der Waals surface area contributed by atoms with Crippen molar-refractivity contribution in [1.29, 1.82) is 0 Å². The van der Waals surface area contributed by atoms with Gasteiger partial charge in [0, 0.05) is 17.0 Å². The van der Waals surface area contributed by atoms with Gasteiger partial charge in [0.15, 0.2) is 0 Å². The Morgan fingerprint density at radius 1 is 1.05 bits per heavy atom. The smallest absolute Gasteiger partial charge is 0.123 e. The first kappa shape index (κ1) is 13.6. The number of ether oxygens (including phenoxy) is 1. The van der Waals surface area contributed by atoms with Gasteiger partial charge in [-0.1, -0.05) is 24.3 Å². The van der Waals surface area contributed by atoms with Crippen molar-refractivity contribution in [2.75, 3.05) is 14.2 Å². The number of benzene rings is 1. The van der Waals surface area contributed by atoms with Crippen LogP contribution in [0.25, 0.3) is 0 Å². The van der Waals surface area contributed by atoms with Crippen LogP contribution in [-0.2, 0) is 0 Å². The van der Waals surface area contributed by atoms with Crippen molar-refractivity contribution in [2.24, 2.45) is 0 Å². The first-order chi connectivity index (χ1) is 9.17. The zero-order chi connectivity index (χ0) is 13.8. The lowest BCUT2D eigenvalue weighted by molar-refractivity contribution is 0.405. The predicted molar refractivity (Wildman–Crippen MR) is 77.6 cm³/mol. The van der Waals surface area contributed by atoms with Crippen molar-refractivity contribution >= 4 is 0 Å². The molecule has 2 rings (SSSR count). The molecule has 3 nitrogen and oxygen atoms in total. The number of methoxy groups -OCH3 is 1. The van der Waals surface area contributed by atoms with E-state index in [4.69, 9.17) is 4.74 Å². The Morgan fingerprint density at radius 3 is 2.42 bits per heavy atom. The van der Waals surface area contributed by atoms with Gasteiger partial charge in [-0.25, -0.2) is 0 Å². The maximum atomic E-state index is 5.45. The van der Waals surface area contributed by atoms with Crippen molar-refractivity contribution in [3.05, 3.63) is 58.9 Å². The number of nitrogens with zero attached hydrogens (tertiary/aromatic N) is 1. The molecule has 1 atom stereocenters. The first-order valence-corrected chi connectivity index (χ1v) is 6.41. The highest BCUT2D eigenvalue weighted by molar-refractivity contribution is 5.42. The van der Waals surface area contributed by atoms with Gasteiger partial charge in [0.25, 0.3) is 0 Å². The van der Waals surface area contributed by atoms with E-state index in [0.29, 0.717) is 0 Å².